The molecule has 0 radical (unpaired) electrons. The van der Waals surface area contributed by atoms with Crippen LogP contribution in [-0.4, -0.2) is 6.61 Å². The highest BCUT2D eigenvalue weighted by Crippen LogP contribution is 2.13. The number of ether oxygens (including phenoxy) is 1. The zero-order valence-electron chi connectivity index (χ0n) is 17.7. The minimum absolute atomic E-state index is 0.809. The fourth-order valence-corrected chi connectivity index (χ4v) is 2.72. The van der Waals surface area contributed by atoms with Crippen molar-refractivity contribution in [1.29, 1.82) is 0 Å². The van der Waals surface area contributed by atoms with E-state index in [2.05, 4.69) is 51.6 Å². The van der Waals surface area contributed by atoms with Gasteiger partial charge in [0, 0.05) is 0 Å². The van der Waals surface area contributed by atoms with E-state index in [0.717, 1.165) is 24.3 Å². The van der Waals surface area contributed by atoms with Crippen LogP contribution in [0.3, 0.4) is 0 Å². The highest BCUT2D eigenvalue weighted by Gasteiger charge is 1.93. The van der Waals surface area contributed by atoms with Crippen molar-refractivity contribution in [2.75, 3.05) is 6.61 Å². The van der Waals surface area contributed by atoms with Crippen LogP contribution in [0.15, 0.2) is 55.1 Å². The number of aryl methyl sites for hydroxylation is 2. The summed E-state index contributed by atoms with van der Waals surface area (Å²) in [5, 5.41) is 0. The minimum Gasteiger partial charge on any atom is -0.494 e. The Bertz CT molecular complexity index is 595. The molecule has 27 heavy (non-hydrogen) atoms. The molecular weight excluding hydrogens is 328 g/mol. The second-order valence-electron chi connectivity index (χ2n) is 7.12. The zero-order valence-corrected chi connectivity index (χ0v) is 17.7. The first-order valence-electron chi connectivity index (χ1n) is 10.6. The van der Waals surface area contributed by atoms with Gasteiger partial charge in [-0.25, -0.2) is 0 Å². The standard InChI is InChI=1S/C14H22.C12H16O/c1-3-4-5-6-7-8-14-11-9-13(2)10-12-14;1-3-5-10-13-12-8-6-11(4-2)7-9-12/h9-12H,3-8H2,1-2H3;4,6-9H,2-3,5,10H2,1H3. The van der Waals surface area contributed by atoms with Crippen LogP contribution in [0.2, 0.25) is 0 Å². The molecule has 0 N–H and O–H groups in total. The van der Waals surface area contributed by atoms with Gasteiger partial charge in [0.25, 0.3) is 0 Å². The second-order valence-corrected chi connectivity index (χ2v) is 7.12. The first-order valence-corrected chi connectivity index (χ1v) is 10.6. The molecule has 0 saturated carbocycles. The lowest BCUT2D eigenvalue weighted by molar-refractivity contribution is 0.309. The highest BCUT2D eigenvalue weighted by molar-refractivity contribution is 5.48. The zero-order chi connectivity index (χ0) is 19.7. The third-order valence-electron chi connectivity index (χ3n) is 4.57. The van der Waals surface area contributed by atoms with Gasteiger partial charge < -0.3 is 4.74 Å². The lowest BCUT2D eigenvalue weighted by Crippen LogP contribution is -1.95. The average molecular weight is 367 g/mol. The second kappa shape index (κ2) is 15.1. The maximum Gasteiger partial charge on any atom is 0.119 e. The van der Waals surface area contributed by atoms with Gasteiger partial charge in [0.1, 0.15) is 5.75 Å². The van der Waals surface area contributed by atoms with E-state index in [1.165, 1.54) is 56.1 Å². The molecule has 0 saturated heterocycles. The Labute approximate surface area is 167 Å². The number of rotatable bonds is 11. The van der Waals surface area contributed by atoms with Crippen LogP contribution in [-0.2, 0) is 6.42 Å². The monoisotopic (exact) mass is 366 g/mol. The predicted octanol–water partition coefficient (Wildman–Crippen LogP) is 8.02. The molecule has 148 valence electrons. The first-order chi connectivity index (χ1) is 13.2. The minimum atomic E-state index is 0.809. The number of hydrogen-bond donors (Lipinski definition) is 0. The topological polar surface area (TPSA) is 9.23 Å². The first kappa shape index (κ1) is 23.0. The normalized spacial score (nSPS) is 10.0. The van der Waals surface area contributed by atoms with Gasteiger partial charge in [0.15, 0.2) is 0 Å². The molecule has 1 heteroatoms. The van der Waals surface area contributed by atoms with Crippen LogP contribution >= 0.6 is 0 Å². The van der Waals surface area contributed by atoms with Crippen molar-refractivity contribution in [3.63, 3.8) is 0 Å². The van der Waals surface area contributed by atoms with Gasteiger partial charge in [-0.15, -0.1) is 0 Å². The Morgan fingerprint density at radius 3 is 2.00 bits per heavy atom. The molecule has 0 bridgehead atoms. The maximum absolute atomic E-state index is 5.51. The van der Waals surface area contributed by atoms with Gasteiger partial charge in [-0.3, -0.25) is 0 Å². The van der Waals surface area contributed by atoms with Gasteiger partial charge in [-0.05, 0) is 49.4 Å². The molecule has 0 spiro atoms. The molecule has 2 aromatic carbocycles. The average Bonchev–Trinajstić information content (AvgIpc) is 2.70. The smallest absolute Gasteiger partial charge is 0.119 e. The van der Waals surface area contributed by atoms with Crippen molar-refractivity contribution in [3.8, 4) is 5.75 Å². The van der Waals surface area contributed by atoms with Crippen molar-refractivity contribution in [3.05, 3.63) is 71.8 Å². The van der Waals surface area contributed by atoms with Gasteiger partial charge in [-0.2, -0.15) is 0 Å². The fraction of sp³-hybridized carbons (Fsp3) is 0.462. The Morgan fingerprint density at radius 2 is 1.41 bits per heavy atom. The SMILES string of the molecule is C=Cc1ccc(OCCCC)cc1.CCCCCCCc1ccc(C)cc1. The van der Waals surface area contributed by atoms with E-state index < -0.39 is 0 Å². The van der Waals surface area contributed by atoms with Crippen LogP contribution in [0.5, 0.6) is 5.75 Å². The number of hydrogen-bond acceptors (Lipinski definition) is 1. The molecule has 0 unspecified atom stereocenters. The molecule has 0 aromatic heterocycles. The van der Waals surface area contributed by atoms with Crippen LogP contribution in [0, 0.1) is 6.92 Å². The van der Waals surface area contributed by atoms with Crippen molar-refractivity contribution >= 4 is 6.08 Å². The quantitative estimate of drug-likeness (QED) is 0.366. The van der Waals surface area contributed by atoms with Crippen LogP contribution in [0.1, 0.15) is 75.5 Å². The summed E-state index contributed by atoms with van der Waals surface area (Å²) in [6, 6.07) is 16.9. The number of benzene rings is 2. The Hall–Kier alpha value is -2.02. The van der Waals surface area contributed by atoms with E-state index in [4.69, 9.17) is 4.74 Å². The van der Waals surface area contributed by atoms with E-state index >= 15 is 0 Å². The summed E-state index contributed by atoms with van der Waals surface area (Å²) in [6.45, 7) is 11.1. The highest BCUT2D eigenvalue weighted by atomic mass is 16.5. The van der Waals surface area contributed by atoms with E-state index in [0.29, 0.717) is 0 Å². The van der Waals surface area contributed by atoms with Crippen molar-refractivity contribution in [2.24, 2.45) is 0 Å². The largest absolute Gasteiger partial charge is 0.494 e. The van der Waals surface area contributed by atoms with Crippen LogP contribution < -0.4 is 4.74 Å². The van der Waals surface area contributed by atoms with Crippen LogP contribution in [0.25, 0.3) is 6.08 Å². The Kier molecular flexibility index (Phi) is 12.9. The Morgan fingerprint density at radius 1 is 0.778 bits per heavy atom. The van der Waals surface area contributed by atoms with Gasteiger partial charge >= 0.3 is 0 Å². The third kappa shape index (κ3) is 11.3. The van der Waals surface area contributed by atoms with Gasteiger partial charge in [0.2, 0.25) is 0 Å². The molecule has 0 heterocycles. The summed E-state index contributed by atoms with van der Waals surface area (Å²) in [5.41, 5.74) is 3.98. The molecule has 0 amide bonds. The van der Waals surface area contributed by atoms with E-state index in [-0.39, 0.29) is 0 Å². The summed E-state index contributed by atoms with van der Waals surface area (Å²) in [7, 11) is 0. The van der Waals surface area contributed by atoms with E-state index in [1.807, 2.05) is 30.3 Å². The van der Waals surface area contributed by atoms with Crippen LogP contribution in [0.4, 0.5) is 0 Å². The van der Waals surface area contributed by atoms with Crippen molar-refractivity contribution in [2.45, 2.75) is 72.1 Å². The molecule has 2 rings (SSSR count). The van der Waals surface area contributed by atoms with Crippen molar-refractivity contribution in [1.82, 2.24) is 0 Å². The lowest BCUT2D eigenvalue weighted by Gasteiger charge is -2.04. The van der Waals surface area contributed by atoms with Gasteiger partial charge in [-0.1, -0.05) is 101 Å². The summed E-state index contributed by atoms with van der Waals surface area (Å²) in [6.07, 6.45) is 12.2. The molecule has 0 aliphatic rings. The van der Waals surface area contributed by atoms with E-state index in [9.17, 15) is 0 Å². The fourth-order valence-electron chi connectivity index (χ4n) is 2.72. The summed E-state index contributed by atoms with van der Waals surface area (Å²) in [4.78, 5) is 0. The summed E-state index contributed by atoms with van der Waals surface area (Å²) in [5.74, 6) is 0.944. The molecular formula is C26H38O. The molecule has 0 atom stereocenters. The Balaban J connectivity index is 0.000000271. The van der Waals surface area contributed by atoms with Gasteiger partial charge in [0.05, 0.1) is 6.61 Å². The lowest BCUT2D eigenvalue weighted by atomic mass is 10.0. The molecule has 1 nitrogen and oxygen atoms in total. The molecule has 0 aliphatic heterocycles. The maximum atomic E-state index is 5.51. The predicted molar refractivity (Wildman–Crippen MR) is 121 cm³/mol. The van der Waals surface area contributed by atoms with Crippen molar-refractivity contribution < 1.29 is 4.74 Å². The molecule has 0 aliphatic carbocycles. The third-order valence-corrected chi connectivity index (χ3v) is 4.57. The number of unbranched alkanes of at least 4 members (excludes halogenated alkanes) is 5. The van der Waals surface area contributed by atoms with E-state index in [1.54, 1.807) is 0 Å². The molecule has 2 aromatic rings. The summed E-state index contributed by atoms with van der Waals surface area (Å²) < 4.78 is 5.51. The summed E-state index contributed by atoms with van der Waals surface area (Å²) >= 11 is 0. The molecule has 0 fully saturated rings.